The second-order valence-electron chi connectivity index (χ2n) is 5.22. The number of benzene rings is 1. The van der Waals surface area contributed by atoms with Gasteiger partial charge in [0.1, 0.15) is 0 Å². The van der Waals surface area contributed by atoms with Gasteiger partial charge in [-0.25, -0.2) is 5.48 Å². The van der Waals surface area contributed by atoms with Crippen molar-refractivity contribution in [2.75, 3.05) is 18.0 Å². The minimum atomic E-state index is -0.378. The van der Waals surface area contributed by atoms with Gasteiger partial charge in [0.05, 0.1) is 6.42 Å². The Kier molecular flexibility index (Phi) is 4.80. The van der Waals surface area contributed by atoms with Gasteiger partial charge < -0.3 is 4.90 Å². The van der Waals surface area contributed by atoms with Crippen molar-refractivity contribution in [3.63, 3.8) is 0 Å². The van der Waals surface area contributed by atoms with Crippen molar-refractivity contribution in [1.82, 2.24) is 5.48 Å². The van der Waals surface area contributed by atoms with Gasteiger partial charge in [0.2, 0.25) is 5.91 Å². The Bertz CT molecular complexity index is 409. The van der Waals surface area contributed by atoms with E-state index in [4.69, 9.17) is 5.21 Å². The first-order valence-electron chi connectivity index (χ1n) is 6.99. The van der Waals surface area contributed by atoms with Gasteiger partial charge in [-0.05, 0) is 36.5 Å². The zero-order valence-electron chi connectivity index (χ0n) is 11.4. The van der Waals surface area contributed by atoms with E-state index in [1.54, 1.807) is 5.48 Å². The van der Waals surface area contributed by atoms with Crippen LogP contribution in [-0.2, 0) is 11.2 Å². The highest BCUT2D eigenvalue weighted by atomic mass is 16.5. The summed E-state index contributed by atoms with van der Waals surface area (Å²) < 4.78 is 0. The van der Waals surface area contributed by atoms with Crippen molar-refractivity contribution in [3.05, 3.63) is 29.8 Å². The van der Waals surface area contributed by atoms with E-state index >= 15 is 0 Å². The molecule has 1 saturated heterocycles. The molecule has 1 aromatic rings. The molecule has 2 N–H and O–H groups in total. The van der Waals surface area contributed by atoms with Crippen molar-refractivity contribution in [2.24, 2.45) is 5.92 Å². The summed E-state index contributed by atoms with van der Waals surface area (Å²) in [7, 11) is 0. The van der Waals surface area contributed by atoms with E-state index in [0.717, 1.165) is 24.6 Å². The zero-order chi connectivity index (χ0) is 13.7. The van der Waals surface area contributed by atoms with E-state index < -0.39 is 0 Å². The van der Waals surface area contributed by atoms with E-state index in [1.165, 1.54) is 24.9 Å². The minimum Gasteiger partial charge on any atom is -0.372 e. The zero-order valence-corrected chi connectivity index (χ0v) is 11.4. The summed E-state index contributed by atoms with van der Waals surface area (Å²) in [4.78, 5) is 13.5. The van der Waals surface area contributed by atoms with Crippen LogP contribution in [0.3, 0.4) is 0 Å². The molecule has 0 saturated carbocycles. The summed E-state index contributed by atoms with van der Waals surface area (Å²) >= 11 is 0. The van der Waals surface area contributed by atoms with Gasteiger partial charge in [0.25, 0.3) is 0 Å². The number of nitrogens with one attached hydrogen (secondary N) is 1. The van der Waals surface area contributed by atoms with Crippen molar-refractivity contribution in [1.29, 1.82) is 0 Å². The number of hydroxylamine groups is 1. The number of piperidine rings is 1. The van der Waals surface area contributed by atoms with E-state index in [0.29, 0.717) is 0 Å². The van der Waals surface area contributed by atoms with Crippen LogP contribution in [0.25, 0.3) is 0 Å². The van der Waals surface area contributed by atoms with Crippen LogP contribution in [0, 0.1) is 5.92 Å². The monoisotopic (exact) mass is 262 g/mol. The van der Waals surface area contributed by atoms with Gasteiger partial charge in [0, 0.05) is 18.8 Å². The second kappa shape index (κ2) is 6.57. The van der Waals surface area contributed by atoms with Crippen LogP contribution in [0.15, 0.2) is 24.3 Å². The molecule has 1 heterocycles. The van der Waals surface area contributed by atoms with Crippen molar-refractivity contribution < 1.29 is 10.0 Å². The number of hydrogen-bond donors (Lipinski definition) is 2. The number of nitrogens with zero attached hydrogens (tertiary/aromatic N) is 1. The molecular weight excluding hydrogens is 240 g/mol. The van der Waals surface area contributed by atoms with Crippen LogP contribution in [0.4, 0.5) is 5.69 Å². The molecule has 19 heavy (non-hydrogen) atoms. The van der Waals surface area contributed by atoms with Crippen molar-refractivity contribution in [2.45, 2.75) is 32.6 Å². The maximum absolute atomic E-state index is 11.1. The lowest BCUT2D eigenvalue weighted by Gasteiger charge is -2.33. The molecular formula is C15H22N2O2. The SMILES string of the molecule is CCC1CCN(c2ccc(CC(=O)NO)cc2)CC1. The summed E-state index contributed by atoms with van der Waals surface area (Å²) in [6, 6.07) is 8.03. The molecule has 1 fully saturated rings. The number of hydrogen-bond acceptors (Lipinski definition) is 3. The molecule has 0 spiro atoms. The van der Waals surface area contributed by atoms with Crippen LogP contribution in [0.1, 0.15) is 31.7 Å². The lowest BCUT2D eigenvalue weighted by Crippen LogP contribution is -2.33. The van der Waals surface area contributed by atoms with E-state index in [9.17, 15) is 4.79 Å². The molecule has 1 amide bonds. The highest BCUT2D eigenvalue weighted by molar-refractivity contribution is 5.77. The maximum Gasteiger partial charge on any atom is 0.247 e. The molecule has 1 aromatic carbocycles. The fraction of sp³-hybridized carbons (Fsp3) is 0.533. The summed E-state index contributed by atoms with van der Waals surface area (Å²) in [5.41, 5.74) is 3.79. The van der Waals surface area contributed by atoms with Gasteiger partial charge in [0.15, 0.2) is 0 Å². The Morgan fingerprint density at radius 1 is 1.32 bits per heavy atom. The van der Waals surface area contributed by atoms with Gasteiger partial charge in [-0.3, -0.25) is 10.0 Å². The minimum absolute atomic E-state index is 0.217. The molecule has 0 bridgehead atoms. The number of rotatable bonds is 4. The van der Waals surface area contributed by atoms with Crippen LogP contribution >= 0.6 is 0 Å². The quantitative estimate of drug-likeness (QED) is 0.647. The largest absolute Gasteiger partial charge is 0.372 e. The average Bonchev–Trinajstić information content (AvgIpc) is 2.48. The normalized spacial score (nSPS) is 16.4. The lowest BCUT2D eigenvalue weighted by molar-refractivity contribution is -0.128. The number of anilines is 1. The van der Waals surface area contributed by atoms with Crippen molar-refractivity contribution >= 4 is 11.6 Å². The summed E-state index contributed by atoms with van der Waals surface area (Å²) in [5, 5.41) is 8.49. The maximum atomic E-state index is 11.1. The molecule has 4 nitrogen and oxygen atoms in total. The van der Waals surface area contributed by atoms with Crippen LogP contribution in [0.2, 0.25) is 0 Å². The molecule has 1 aliphatic rings. The van der Waals surface area contributed by atoms with Gasteiger partial charge in [-0.2, -0.15) is 0 Å². The van der Waals surface area contributed by atoms with Gasteiger partial charge in [-0.15, -0.1) is 0 Å². The number of carbonyl (C=O) groups is 1. The fourth-order valence-electron chi connectivity index (χ4n) is 2.65. The van der Waals surface area contributed by atoms with E-state index in [2.05, 4.69) is 24.0 Å². The smallest absolute Gasteiger partial charge is 0.247 e. The first-order chi connectivity index (χ1) is 9.22. The van der Waals surface area contributed by atoms with Crippen LogP contribution < -0.4 is 10.4 Å². The fourth-order valence-corrected chi connectivity index (χ4v) is 2.65. The molecule has 0 atom stereocenters. The van der Waals surface area contributed by atoms with Crippen LogP contribution in [0.5, 0.6) is 0 Å². The predicted octanol–water partition coefficient (Wildman–Crippen LogP) is 2.36. The highest BCUT2D eigenvalue weighted by Gasteiger charge is 2.17. The Labute approximate surface area is 114 Å². The Balaban J connectivity index is 1.93. The van der Waals surface area contributed by atoms with Gasteiger partial charge >= 0.3 is 0 Å². The third-order valence-electron chi connectivity index (χ3n) is 3.98. The Morgan fingerprint density at radius 2 is 1.95 bits per heavy atom. The van der Waals surface area contributed by atoms with Crippen molar-refractivity contribution in [3.8, 4) is 0 Å². The first kappa shape index (κ1) is 13.9. The predicted molar refractivity (Wildman–Crippen MR) is 75.3 cm³/mol. The standard InChI is InChI=1S/C15H22N2O2/c1-2-12-7-9-17(10-8-12)14-5-3-13(4-6-14)11-15(18)16-19/h3-6,12,19H,2,7-11H2,1H3,(H,16,18). The highest BCUT2D eigenvalue weighted by Crippen LogP contribution is 2.25. The third kappa shape index (κ3) is 3.70. The van der Waals surface area contributed by atoms with Crippen LogP contribution in [-0.4, -0.2) is 24.2 Å². The molecule has 0 radical (unpaired) electrons. The molecule has 0 aliphatic carbocycles. The topological polar surface area (TPSA) is 52.6 Å². The Morgan fingerprint density at radius 3 is 2.47 bits per heavy atom. The molecule has 0 aromatic heterocycles. The Hall–Kier alpha value is -1.55. The average molecular weight is 262 g/mol. The third-order valence-corrected chi connectivity index (χ3v) is 3.98. The lowest BCUT2D eigenvalue weighted by atomic mass is 9.94. The molecule has 0 unspecified atom stereocenters. The van der Waals surface area contributed by atoms with E-state index in [1.807, 2.05) is 12.1 Å². The summed E-state index contributed by atoms with van der Waals surface area (Å²) in [5.74, 6) is 0.500. The van der Waals surface area contributed by atoms with E-state index in [-0.39, 0.29) is 12.3 Å². The molecule has 1 aliphatic heterocycles. The molecule has 4 heteroatoms. The first-order valence-corrected chi connectivity index (χ1v) is 6.99. The summed E-state index contributed by atoms with van der Waals surface area (Å²) in [6.45, 7) is 4.51. The molecule has 2 rings (SSSR count). The number of carbonyl (C=O) groups excluding carboxylic acids is 1. The summed E-state index contributed by atoms with van der Waals surface area (Å²) in [6.07, 6.45) is 4.04. The second-order valence-corrected chi connectivity index (χ2v) is 5.22. The molecule has 104 valence electrons. The van der Waals surface area contributed by atoms with Gasteiger partial charge in [-0.1, -0.05) is 25.5 Å². The number of amides is 1.